The molecule has 20 heavy (non-hydrogen) atoms. The second-order valence-electron chi connectivity index (χ2n) is 5.08. The fourth-order valence-corrected chi connectivity index (χ4v) is 2.25. The van der Waals surface area contributed by atoms with E-state index < -0.39 is 0 Å². The Morgan fingerprint density at radius 1 is 1.20 bits per heavy atom. The molecule has 0 aliphatic carbocycles. The van der Waals surface area contributed by atoms with E-state index in [4.69, 9.17) is 0 Å². The van der Waals surface area contributed by atoms with Gasteiger partial charge in [0.1, 0.15) is 0 Å². The predicted molar refractivity (Wildman–Crippen MR) is 81.9 cm³/mol. The first-order valence-corrected chi connectivity index (χ1v) is 7.47. The van der Waals surface area contributed by atoms with Gasteiger partial charge in [0.15, 0.2) is 0 Å². The van der Waals surface area contributed by atoms with Gasteiger partial charge in [0.25, 0.3) is 5.91 Å². The van der Waals surface area contributed by atoms with Crippen LogP contribution in [0, 0.1) is 0 Å². The molecule has 4 nitrogen and oxygen atoms in total. The van der Waals surface area contributed by atoms with E-state index in [1.165, 1.54) is 19.3 Å². The first-order valence-electron chi connectivity index (χ1n) is 7.47. The number of benzene rings is 1. The Morgan fingerprint density at radius 2 is 1.95 bits per heavy atom. The molecule has 0 atom stereocenters. The number of carbonyl (C=O) groups is 1. The highest BCUT2D eigenvalue weighted by atomic mass is 16.1. The van der Waals surface area contributed by atoms with Crippen LogP contribution in [0.25, 0.3) is 0 Å². The minimum absolute atomic E-state index is 0.00132. The predicted octanol–water partition coefficient (Wildman–Crippen LogP) is 2.67. The van der Waals surface area contributed by atoms with Crippen LogP contribution in [0.15, 0.2) is 35.4 Å². The lowest BCUT2D eigenvalue weighted by Crippen LogP contribution is -2.25. The number of amides is 1. The number of hydrazone groups is 1. The number of piperidine rings is 1. The van der Waals surface area contributed by atoms with Gasteiger partial charge in [-0.2, -0.15) is 5.10 Å². The number of nitrogens with one attached hydrogen (secondary N) is 1. The van der Waals surface area contributed by atoms with Crippen molar-refractivity contribution in [3.63, 3.8) is 0 Å². The molecule has 1 heterocycles. The largest absolute Gasteiger partial charge is 0.352 e. The molecule has 0 spiro atoms. The van der Waals surface area contributed by atoms with Crippen LogP contribution in [0.1, 0.15) is 42.5 Å². The highest BCUT2D eigenvalue weighted by molar-refractivity contribution is 5.94. The monoisotopic (exact) mass is 273 g/mol. The van der Waals surface area contributed by atoms with E-state index in [0.717, 1.165) is 31.5 Å². The molecule has 1 aromatic carbocycles. The Morgan fingerprint density at radius 3 is 2.70 bits per heavy atom. The molecule has 1 amide bonds. The van der Waals surface area contributed by atoms with Crippen molar-refractivity contribution in [1.29, 1.82) is 0 Å². The van der Waals surface area contributed by atoms with Crippen LogP contribution in [0.2, 0.25) is 0 Å². The molecule has 1 N–H and O–H groups in total. The maximum Gasteiger partial charge on any atom is 0.251 e. The molecule has 0 radical (unpaired) electrons. The first kappa shape index (κ1) is 14.6. The van der Waals surface area contributed by atoms with Gasteiger partial charge in [-0.05, 0) is 44.2 Å². The zero-order valence-corrected chi connectivity index (χ0v) is 11.9. The highest BCUT2D eigenvalue weighted by Gasteiger charge is 2.05. The van der Waals surface area contributed by atoms with Crippen molar-refractivity contribution in [2.75, 3.05) is 19.6 Å². The Labute approximate surface area is 120 Å². The lowest BCUT2D eigenvalue weighted by atomic mass is 10.2. The molecule has 2 rings (SSSR count). The summed E-state index contributed by atoms with van der Waals surface area (Å²) < 4.78 is 0. The van der Waals surface area contributed by atoms with Crippen molar-refractivity contribution >= 4 is 12.1 Å². The fourth-order valence-electron chi connectivity index (χ4n) is 2.25. The van der Waals surface area contributed by atoms with Gasteiger partial charge in [-0.15, -0.1) is 0 Å². The lowest BCUT2D eigenvalue weighted by Gasteiger charge is -2.23. The quantitative estimate of drug-likeness (QED) is 0.640. The first-order chi connectivity index (χ1) is 9.86. The van der Waals surface area contributed by atoms with E-state index in [-0.39, 0.29) is 5.91 Å². The molecule has 4 heteroatoms. The van der Waals surface area contributed by atoms with Crippen molar-refractivity contribution < 1.29 is 4.79 Å². The molecule has 1 saturated heterocycles. The molecule has 1 aliphatic rings. The van der Waals surface area contributed by atoms with Crippen LogP contribution in [0.4, 0.5) is 0 Å². The molecular formula is C16H23N3O. The molecule has 0 aromatic heterocycles. The van der Waals surface area contributed by atoms with Gasteiger partial charge in [-0.1, -0.05) is 18.2 Å². The zero-order chi connectivity index (χ0) is 14.0. The van der Waals surface area contributed by atoms with Crippen LogP contribution in [0.3, 0.4) is 0 Å². The summed E-state index contributed by atoms with van der Waals surface area (Å²) in [6.45, 7) is 2.86. The van der Waals surface area contributed by atoms with Crippen molar-refractivity contribution in [2.45, 2.75) is 32.1 Å². The van der Waals surface area contributed by atoms with Crippen LogP contribution in [0.5, 0.6) is 0 Å². The van der Waals surface area contributed by atoms with Crippen LogP contribution in [-0.2, 0) is 0 Å². The van der Waals surface area contributed by atoms with E-state index in [9.17, 15) is 4.79 Å². The van der Waals surface area contributed by atoms with Gasteiger partial charge in [0.2, 0.25) is 0 Å². The third-order valence-electron chi connectivity index (χ3n) is 3.41. The van der Waals surface area contributed by atoms with Crippen molar-refractivity contribution in [3.05, 3.63) is 35.9 Å². The Bertz CT molecular complexity index is 425. The lowest BCUT2D eigenvalue weighted by molar-refractivity contribution is 0.0953. The highest BCUT2D eigenvalue weighted by Crippen LogP contribution is 2.08. The van der Waals surface area contributed by atoms with Gasteiger partial charge in [0.05, 0.1) is 0 Å². The summed E-state index contributed by atoms with van der Waals surface area (Å²) in [6.07, 6.45) is 7.65. The number of hydrogen-bond acceptors (Lipinski definition) is 3. The van der Waals surface area contributed by atoms with Crippen molar-refractivity contribution in [3.8, 4) is 0 Å². The number of unbranched alkanes of at least 4 members (excludes halogenated alkanes) is 1. The van der Waals surface area contributed by atoms with E-state index in [0.29, 0.717) is 6.54 Å². The minimum Gasteiger partial charge on any atom is -0.352 e. The van der Waals surface area contributed by atoms with Gasteiger partial charge >= 0.3 is 0 Å². The standard InChI is InChI=1S/C16H23N3O/c20-16(15-9-3-1-4-10-15)17-11-5-6-12-18-19-13-7-2-8-14-19/h1,3-4,9-10,12H,2,5-8,11,13-14H2,(H,17,20)/b18-12+. The van der Waals surface area contributed by atoms with Gasteiger partial charge in [-0.3, -0.25) is 9.80 Å². The molecule has 1 aliphatic heterocycles. The van der Waals surface area contributed by atoms with Gasteiger partial charge in [-0.25, -0.2) is 0 Å². The summed E-state index contributed by atoms with van der Waals surface area (Å²) in [5, 5.41) is 9.52. The summed E-state index contributed by atoms with van der Waals surface area (Å²) in [7, 11) is 0. The second-order valence-corrected chi connectivity index (χ2v) is 5.08. The maximum absolute atomic E-state index is 11.8. The third-order valence-corrected chi connectivity index (χ3v) is 3.41. The Balaban J connectivity index is 1.57. The molecule has 0 unspecified atom stereocenters. The van der Waals surface area contributed by atoms with E-state index in [1.807, 2.05) is 36.5 Å². The van der Waals surface area contributed by atoms with E-state index in [1.54, 1.807) is 0 Å². The summed E-state index contributed by atoms with van der Waals surface area (Å²) in [6, 6.07) is 9.31. The second kappa shape index (κ2) is 8.35. The van der Waals surface area contributed by atoms with E-state index >= 15 is 0 Å². The van der Waals surface area contributed by atoms with E-state index in [2.05, 4.69) is 15.4 Å². The Kier molecular flexibility index (Phi) is 6.08. The number of hydrogen-bond donors (Lipinski definition) is 1. The average molecular weight is 273 g/mol. The Hall–Kier alpha value is -1.84. The van der Waals surface area contributed by atoms with Crippen LogP contribution in [-0.4, -0.2) is 36.8 Å². The summed E-state index contributed by atoms with van der Waals surface area (Å²) in [5.74, 6) is -0.00132. The van der Waals surface area contributed by atoms with Gasteiger partial charge < -0.3 is 5.32 Å². The smallest absolute Gasteiger partial charge is 0.251 e. The van der Waals surface area contributed by atoms with Crippen LogP contribution < -0.4 is 5.32 Å². The van der Waals surface area contributed by atoms with Crippen molar-refractivity contribution in [2.24, 2.45) is 5.10 Å². The minimum atomic E-state index is -0.00132. The summed E-state index contributed by atoms with van der Waals surface area (Å²) in [4.78, 5) is 11.8. The molecule has 0 saturated carbocycles. The summed E-state index contributed by atoms with van der Waals surface area (Å²) in [5.41, 5.74) is 0.717. The molecule has 108 valence electrons. The molecule has 1 aromatic rings. The SMILES string of the molecule is O=C(NCCC/C=N/N1CCCCC1)c1ccccc1. The fraction of sp³-hybridized carbons (Fsp3) is 0.500. The average Bonchev–Trinajstić information content (AvgIpc) is 2.52. The maximum atomic E-state index is 11.8. The van der Waals surface area contributed by atoms with Gasteiger partial charge in [0, 0.05) is 31.4 Å². The van der Waals surface area contributed by atoms with Crippen LogP contribution >= 0.6 is 0 Å². The normalized spacial score (nSPS) is 15.5. The summed E-state index contributed by atoms with van der Waals surface area (Å²) >= 11 is 0. The number of carbonyl (C=O) groups excluding carboxylic acids is 1. The third kappa shape index (κ3) is 5.03. The number of rotatable bonds is 6. The molecule has 1 fully saturated rings. The molecule has 0 bridgehead atoms. The topological polar surface area (TPSA) is 44.7 Å². The zero-order valence-electron chi connectivity index (χ0n) is 11.9. The van der Waals surface area contributed by atoms with Crippen molar-refractivity contribution in [1.82, 2.24) is 10.3 Å². The number of nitrogens with zero attached hydrogens (tertiary/aromatic N) is 2. The molecular weight excluding hydrogens is 250 g/mol.